The SMILES string of the molecule is CCCCC(CC)C[n+]1ccccc1N1CCOCC1.[Cl-]. The van der Waals surface area contributed by atoms with Gasteiger partial charge in [-0.2, -0.15) is 0 Å². The third-order valence-corrected chi connectivity index (χ3v) is 4.25. The van der Waals surface area contributed by atoms with Gasteiger partial charge in [0.1, 0.15) is 13.1 Å². The van der Waals surface area contributed by atoms with Crippen LogP contribution in [0.4, 0.5) is 5.82 Å². The molecule has 1 aromatic rings. The molecule has 0 aliphatic carbocycles. The molecule has 2 heterocycles. The molecule has 0 N–H and O–H groups in total. The third kappa shape index (κ3) is 5.48. The minimum absolute atomic E-state index is 0. The van der Waals surface area contributed by atoms with E-state index in [1.807, 2.05) is 0 Å². The quantitative estimate of drug-likeness (QED) is 0.661. The molecule has 0 radical (unpaired) electrons. The highest BCUT2D eigenvalue weighted by molar-refractivity contribution is 5.32. The Morgan fingerprint density at radius 3 is 2.67 bits per heavy atom. The summed E-state index contributed by atoms with van der Waals surface area (Å²) in [5.74, 6) is 2.15. The van der Waals surface area contributed by atoms with Gasteiger partial charge in [0.05, 0.1) is 26.0 Å². The van der Waals surface area contributed by atoms with Crippen molar-refractivity contribution in [1.82, 2.24) is 0 Å². The fourth-order valence-corrected chi connectivity index (χ4v) is 2.90. The van der Waals surface area contributed by atoms with Crippen LogP contribution in [0.3, 0.4) is 0 Å². The van der Waals surface area contributed by atoms with Gasteiger partial charge in [0.2, 0.25) is 0 Å². The van der Waals surface area contributed by atoms with Crippen LogP contribution in [0.5, 0.6) is 0 Å². The summed E-state index contributed by atoms with van der Waals surface area (Å²) in [7, 11) is 0. The average Bonchev–Trinajstić information content (AvgIpc) is 2.52. The van der Waals surface area contributed by atoms with Crippen LogP contribution < -0.4 is 21.9 Å². The van der Waals surface area contributed by atoms with E-state index in [1.54, 1.807) is 0 Å². The first kappa shape index (κ1) is 18.2. The van der Waals surface area contributed by atoms with Crippen LogP contribution in [0, 0.1) is 5.92 Å². The molecule has 0 spiro atoms. The normalized spacial score (nSPS) is 16.4. The summed E-state index contributed by atoms with van der Waals surface area (Å²) in [4.78, 5) is 2.45. The molecule has 1 saturated heterocycles. The molecule has 3 nitrogen and oxygen atoms in total. The van der Waals surface area contributed by atoms with Crippen molar-refractivity contribution >= 4 is 5.82 Å². The number of ether oxygens (including phenoxy) is 1. The van der Waals surface area contributed by atoms with E-state index in [-0.39, 0.29) is 12.4 Å². The number of aromatic nitrogens is 1. The highest BCUT2D eigenvalue weighted by Crippen LogP contribution is 2.15. The predicted octanol–water partition coefficient (Wildman–Crippen LogP) is 0.0311. The number of rotatable bonds is 7. The van der Waals surface area contributed by atoms with E-state index in [1.165, 1.54) is 31.5 Å². The largest absolute Gasteiger partial charge is 1.00 e. The van der Waals surface area contributed by atoms with E-state index < -0.39 is 0 Å². The maximum Gasteiger partial charge on any atom is 0.276 e. The maximum absolute atomic E-state index is 5.47. The molecular formula is C17H29ClN2O. The number of unbranched alkanes of at least 4 members (excludes halogenated alkanes) is 1. The minimum Gasteiger partial charge on any atom is -1.00 e. The van der Waals surface area contributed by atoms with Crippen LogP contribution in [0.25, 0.3) is 0 Å². The minimum atomic E-state index is 0. The van der Waals surface area contributed by atoms with Gasteiger partial charge < -0.3 is 17.1 Å². The zero-order chi connectivity index (χ0) is 14.2. The number of pyridine rings is 1. The molecule has 1 fully saturated rings. The Labute approximate surface area is 135 Å². The van der Waals surface area contributed by atoms with Crippen molar-refractivity contribution in [2.75, 3.05) is 31.2 Å². The van der Waals surface area contributed by atoms with Crippen molar-refractivity contribution in [3.63, 3.8) is 0 Å². The first-order valence-corrected chi connectivity index (χ1v) is 8.16. The molecule has 0 bridgehead atoms. The number of morpholine rings is 1. The van der Waals surface area contributed by atoms with Crippen molar-refractivity contribution in [3.05, 3.63) is 24.4 Å². The van der Waals surface area contributed by atoms with Gasteiger partial charge in [-0.1, -0.05) is 32.8 Å². The number of hydrogen-bond acceptors (Lipinski definition) is 2. The van der Waals surface area contributed by atoms with Gasteiger partial charge in [0.15, 0.2) is 0 Å². The molecule has 0 saturated carbocycles. The zero-order valence-corrected chi connectivity index (χ0v) is 14.2. The average molecular weight is 313 g/mol. The molecule has 1 aromatic heterocycles. The Morgan fingerprint density at radius 2 is 2.00 bits per heavy atom. The highest BCUT2D eigenvalue weighted by Gasteiger charge is 2.22. The second-order valence-corrected chi connectivity index (χ2v) is 5.73. The second-order valence-electron chi connectivity index (χ2n) is 5.73. The van der Waals surface area contributed by atoms with E-state index in [4.69, 9.17) is 4.74 Å². The first-order valence-electron chi connectivity index (χ1n) is 8.16. The summed E-state index contributed by atoms with van der Waals surface area (Å²) in [5.41, 5.74) is 0. The summed E-state index contributed by atoms with van der Waals surface area (Å²) < 4.78 is 7.91. The third-order valence-electron chi connectivity index (χ3n) is 4.25. The van der Waals surface area contributed by atoms with Crippen LogP contribution in [-0.2, 0) is 11.3 Å². The molecular weight excluding hydrogens is 284 g/mol. The first-order chi connectivity index (χ1) is 9.85. The molecule has 2 rings (SSSR count). The summed E-state index contributed by atoms with van der Waals surface area (Å²) in [6, 6.07) is 6.54. The van der Waals surface area contributed by atoms with Crippen molar-refractivity contribution < 1.29 is 21.7 Å². The lowest BCUT2D eigenvalue weighted by Crippen LogP contribution is -3.00. The van der Waals surface area contributed by atoms with E-state index >= 15 is 0 Å². The van der Waals surface area contributed by atoms with Gasteiger partial charge in [-0.3, -0.25) is 4.90 Å². The smallest absolute Gasteiger partial charge is 0.276 e. The number of nitrogens with zero attached hydrogens (tertiary/aromatic N) is 2. The number of anilines is 1. The summed E-state index contributed by atoms with van der Waals surface area (Å²) in [6.45, 7) is 9.46. The Hall–Kier alpha value is -0.800. The van der Waals surface area contributed by atoms with Gasteiger partial charge in [0.25, 0.3) is 5.82 Å². The molecule has 4 heteroatoms. The number of hydrogen-bond donors (Lipinski definition) is 0. The van der Waals surface area contributed by atoms with Crippen molar-refractivity contribution in [2.24, 2.45) is 5.92 Å². The Morgan fingerprint density at radius 1 is 1.24 bits per heavy atom. The molecule has 0 aromatic carbocycles. The predicted molar refractivity (Wildman–Crippen MR) is 83.0 cm³/mol. The van der Waals surface area contributed by atoms with Crippen LogP contribution in [0.2, 0.25) is 0 Å². The monoisotopic (exact) mass is 312 g/mol. The van der Waals surface area contributed by atoms with Gasteiger partial charge in [0, 0.05) is 6.07 Å². The molecule has 1 unspecified atom stereocenters. The Bertz CT molecular complexity index is 394. The van der Waals surface area contributed by atoms with Crippen molar-refractivity contribution in [1.29, 1.82) is 0 Å². The van der Waals surface area contributed by atoms with E-state index in [0.29, 0.717) is 0 Å². The maximum atomic E-state index is 5.47. The summed E-state index contributed by atoms with van der Waals surface area (Å²) in [6.07, 6.45) is 7.49. The topological polar surface area (TPSA) is 16.4 Å². The molecule has 21 heavy (non-hydrogen) atoms. The Kier molecular flexibility index (Phi) is 8.70. The molecule has 1 aliphatic heterocycles. The second kappa shape index (κ2) is 10.0. The fourth-order valence-electron chi connectivity index (χ4n) is 2.90. The highest BCUT2D eigenvalue weighted by atomic mass is 35.5. The van der Waals surface area contributed by atoms with E-state index in [9.17, 15) is 0 Å². The van der Waals surface area contributed by atoms with Crippen LogP contribution >= 0.6 is 0 Å². The molecule has 1 atom stereocenters. The lowest BCUT2D eigenvalue weighted by molar-refractivity contribution is -0.691. The van der Waals surface area contributed by atoms with Gasteiger partial charge in [-0.15, -0.1) is 0 Å². The zero-order valence-electron chi connectivity index (χ0n) is 13.4. The van der Waals surface area contributed by atoms with Crippen molar-refractivity contribution in [2.45, 2.75) is 46.1 Å². The van der Waals surface area contributed by atoms with Gasteiger partial charge >= 0.3 is 0 Å². The van der Waals surface area contributed by atoms with Crippen LogP contribution in [0.1, 0.15) is 39.5 Å². The van der Waals surface area contributed by atoms with Gasteiger partial charge in [-0.25, -0.2) is 4.57 Å². The molecule has 120 valence electrons. The van der Waals surface area contributed by atoms with Crippen LogP contribution in [-0.4, -0.2) is 26.3 Å². The number of halogens is 1. The van der Waals surface area contributed by atoms with E-state index in [2.05, 4.69) is 47.7 Å². The fraction of sp³-hybridized carbons (Fsp3) is 0.706. The lowest BCUT2D eigenvalue weighted by atomic mass is 9.99. The lowest BCUT2D eigenvalue weighted by Gasteiger charge is -2.24. The van der Waals surface area contributed by atoms with Crippen molar-refractivity contribution in [3.8, 4) is 0 Å². The Balaban J connectivity index is 0.00000220. The van der Waals surface area contributed by atoms with Gasteiger partial charge in [-0.05, 0) is 24.8 Å². The molecule has 0 amide bonds. The molecule has 1 aliphatic rings. The summed E-state index contributed by atoms with van der Waals surface area (Å²) >= 11 is 0. The standard InChI is InChI=1S/C17H29N2O.ClH/c1-3-5-8-16(4-2)15-19-10-7-6-9-17(19)18-11-13-20-14-12-18;/h6-7,9-10,16H,3-5,8,11-15H2,1-2H3;1H/q+1;/p-1. The van der Waals surface area contributed by atoms with E-state index in [0.717, 1.165) is 38.8 Å². The van der Waals surface area contributed by atoms with Crippen LogP contribution in [0.15, 0.2) is 24.4 Å². The summed E-state index contributed by atoms with van der Waals surface area (Å²) in [5, 5.41) is 0.